The summed E-state index contributed by atoms with van der Waals surface area (Å²) in [7, 11) is 0. The first kappa shape index (κ1) is 19.7. The van der Waals surface area contributed by atoms with Crippen LogP contribution in [-0.2, 0) is 0 Å². The summed E-state index contributed by atoms with van der Waals surface area (Å²) in [5.74, 6) is 1.63. The van der Waals surface area contributed by atoms with Crippen LogP contribution < -0.4 is 4.90 Å². The van der Waals surface area contributed by atoms with Crippen LogP contribution in [0.15, 0.2) is 73.0 Å². The van der Waals surface area contributed by atoms with Gasteiger partial charge in [0.25, 0.3) is 0 Å². The van der Waals surface area contributed by atoms with Gasteiger partial charge in [0, 0.05) is 41.9 Å². The number of benzene rings is 1. The molecule has 5 rings (SSSR count). The molecule has 0 atom stereocenters. The Morgan fingerprint density at radius 3 is 2.55 bits per heavy atom. The average Bonchev–Trinajstić information content (AvgIpc) is 3.57. The quantitative estimate of drug-likeness (QED) is 0.486. The maximum atomic E-state index is 4.48. The van der Waals surface area contributed by atoms with Gasteiger partial charge < -0.3 is 9.47 Å². The van der Waals surface area contributed by atoms with Crippen molar-refractivity contribution in [1.82, 2.24) is 19.7 Å². The van der Waals surface area contributed by atoms with E-state index in [4.69, 9.17) is 0 Å². The van der Waals surface area contributed by atoms with Crippen LogP contribution in [0.4, 0.5) is 5.69 Å². The van der Waals surface area contributed by atoms with Gasteiger partial charge in [0.05, 0.1) is 0 Å². The molecule has 0 spiro atoms. The number of pyridine rings is 1. The Morgan fingerprint density at radius 2 is 1.81 bits per heavy atom. The Hall–Kier alpha value is -3.21. The van der Waals surface area contributed by atoms with Crippen LogP contribution in [0.1, 0.15) is 51.1 Å². The van der Waals surface area contributed by atoms with Crippen LogP contribution in [0.2, 0.25) is 0 Å². The maximum absolute atomic E-state index is 4.48. The van der Waals surface area contributed by atoms with Crippen molar-refractivity contribution < 1.29 is 0 Å². The van der Waals surface area contributed by atoms with Crippen molar-refractivity contribution in [3.63, 3.8) is 0 Å². The third kappa shape index (κ3) is 3.92. The van der Waals surface area contributed by atoms with Crippen LogP contribution in [0.3, 0.4) is 0 Å². The number of hydrogen-bond donors (Lipinski definition) is 0. The highest BCUT2D eigenvalue weighted by atomic mass is 15.3. The van der Waals surface area contributed by atoms with Gasteiger partial charge in [-0.2, -0.15) is 0 Å². The fourth-order valence-electron chi connectivity index (χ4n) is 4.53. The number of rotatable bonds is 7. The normalized spacial score (nSPS) is 16.4. The third-order valence-corrected chi connectivity index (χ3v) is 6.47. The molecule has 0 unspecified atom stereocenters. The summed E-state index contributed by atoms with van der Waals surface area (Å²) in [6, 6.07) is 13.4. The van der Waals surface area contributed by atoms with Gasteiger partial charge in [-0.3, -0.25) is 4.98 Å². The molecule has 2 aromatic heterocycles. The molecule has 1 saturated carbocycles. The van der Waals surface area contributed by atoms with Crippen molar-refractivity contribution in [3.05, 3.63) is 78.5 Å². The van der Waals surface area contributed by atoms with Crippen molar-refractivity contribution in [1.29, 1.82) is 0 Å². The molecule has 0 N–H and O–H groups in total. The van der Waals surface area contributed by atoms with Crippen LogP contribution in [0.25, 0.3) is 17.0 Å². The minimum Gasteiger partial charge on any atom is -0.340 e. The molecule has 0 saturated heterocycles. The number of hydrogen-bond acceptors (Lipinski definition) is 4. The number of allylic oxidation sites excluding steroid dienone is 3. The van der Waals surface area contributed by atoms with Crippen LogP contribution in [-0.4, -0.2) is 26.3 Å². The van der Waals surface area contributed by atoms with E-state index in [2.05, 4.69) is 87.0 Å². The molecule has 5 heteroatoms. The highest BCUT2D eigenvalue weighted by Gasteiger charge is 2.32. The van der Waals surface area contributed by atoms with E-state index in [1.54, 1.807) is 0 Å². The lowest BCUT2D eigenvalue weighted by Crippen LogP contribution is -2.28. The SMILES string of the molecule is CCC(CC)n1cnnc1-c1cccc(N2CC(c3ccncc3)=CC=C2C2CC2)c1. The van der Waals surface area contributed by atoms with Crippen molar-refractivity contribution in [2.75, 3.05) is 11.4 Å². The van der Waals surface area contributed by atoms with E-state index in [-0.39, 0.29) is 0 Å². The van der Waals surface area contributed by atoms with Gasteiger partial charge in [-0.05, 0) is 73.1 Å². The van der Waals surface area contributed by atoms with Crippen molar-refractivity contribution in [2.24, 2.45) is 5.92 Å². The predicted molar refractivity (Wildman–Crippen MR) is 125 cm³/mol. The van der Waals surface area contributed by atoms with Crippen molar-refractivity contribution >= 4 is 11.3 Å². The van der Waals surface area contributed by atoms with E-state index < -0.39 is 0 Å². The van der Waals surface area contributed by atoms with Crippen molar-refractivity contribution in [2.45, 2.75) is 45.6 Å². The van der Waals surface area contributed by atoms with E-state index in [1.165, 1.54) is 35.4 Å². The predicted octanol–water partition coefficient (Wildman–Crippen LogP) is 5.90. The minimum atomic E-state index is 0.423. The Morgan fingerprint density at radius 1 is 1.00 bits per heavy atom. The number of nitrogens with zero attached hydrogens (tertiary/aromatic N) is 5. The molecular weight excluding hydrogens is 382 g/mol. The Bertz CT molecular complexity index is 1100. The fourth-order valence-corrected chi connectivity index (χ4v) is 4.53. The fraction of sp³-hybridized carbons (Fsp3) is 0.346. The number of aromatic nitrogens is 4. The van der Waals surface area contributed by atoms with Gasteiger partial charge in [0.1, 0.15) is 6.33 Å². The lowest BCUT2D eigenvalue weighted by atomic mass is 10.0. The molecule has 158 valence electrons. The summed E-state index contributed by atoms with van der Waals surface area (Å²) in [6.45, 7) is 5.32. The van der Waals surface area contributed by atoms with E-state index >= 15 is 0 Å². The molecule has 2 aliphatic rings. The molecule has 3 heterocycles. The molecule has 0 amide bonds. The van der Waals surface area contributed by atoms with E-state index in [1.807, 2.05) is 18.7 Å². The Balaban J connectivity index is 1.50. The highest BCUT2D eigenvalue weighted by molar-refractivity contribution is 5.77. The van der Waals surface area contributed by atoms with E-state index in [9.17, 15) is 0 Å². The smallest absolute Gasteiger partial charge is 0.164 e. The van der Waals surface area contributed by atoms with E-state index in [0.717, 1.165) is 30.8 Å². The summed E-state index contributed by atoms with van der Waals surface area (Å²) in [5.41, 5.74) is 6.32. The highest BCUT2D eigenvalue weighted by Crippen LogP contribution is 2.43. The zero-order chi connectivity index (χ0) is 21.2. The molecule has 1 aliphatic heterocycles. The zero-order valence-electron chi connectivity index (χ0n) is 18.3. The summed E-state index contributed by atoms with van der Waals surface area (Å²) in [5, 5.41) is 8.72. The second kappa shape index (κ2) is 8.50. The summed E-state index contributed by atoms with van der Waals surface area (Å²) < 4.78 is 2.23. The monoisotopic (exact) mass is 411 g/mol. The topological polar surface area (TPSA) is 46.8 Å². The molecular formula is C26H29N5. The molecule has 1 fully saturated rings. The largest absolute Gasteiger partial charge is 0.340 e. The summed E-state index contributed by atoms with van der Waals surface area (Å²) >= 11 is 0. The zero-order valence-corrected chi connectivity index (χ0v) is 18.3. The van der Waals surface area contributed by atoms with Crippen LogP contribution in [0, 0.1) is 5.92 Å². The van der Waals surface area contributed by atoms with Crippen molar-refractivity contribution in [3.8, 4) is 11.4 Å². The van der Waals surface area contributed by atoms with Gasteiger partial charge in [-0.15, -0.1) is 10.2 Å². The Kier molecular flexibility index (Phi) is 5.41. The first-order valence-corrected chi connectivity index (χ1v) is 11.4. The van der Waals surface area contributed by atoms with Gasteiger partial charge in [-0.25, -0.2) is 0 Å². The van der Waals surface area contributed by atoms with E-state index in [0.29, 0.717) is 12.0 Å². The van der Waals surface area contributed by atoms with Gasteiger partial charge in [-0.1, -0.05) is 32.1 Å². The first-order chi connectivity index (χ1) is 15.3. The summed E-state index contributed by atoms with van der Waals surface area (Å²) in [4.78, 5) is 6.66. The lowest BCUT2D eigenvalue weighted by molar-refractivity contribution is 0.474. The molecule has 0 bridgehead atoms. The molecule has 1 aliphatic carbocycles. The van der Waals surface area contributed by atoms with Gasteiger partial charge in [0.15, 0.2) is 5.82 Å². The van der Waals surface area contributed by atoms with Gasteiger partial charge in [0.2, 0.25) is 0 Å². The Labute approximate surface area is 184 Å². The molecule has 1 aromatic carbocycles. The first-order valence-electron chi connectivity index (χ1n) is 11.4. The maximum Gasteiger partial charge on any atom is 0.164 e. The molecule has 3 aromatic rings. The molecule has 0 radical (unpaired) electrons. The summed E-state index contributed by atoms with van der Waals surface area (Å²) in [6.07, 6.45) is 14.9. The second-order valence-electron chi connectivity index (χ2n) is 8.46. The standard InChI is InChI=1S/C26H29N5/c1-3-23(4-2)31-18-28-29-26(31)21-6-5-7-24(16-21)30-17-22(19-12-14-27-15-13-19)10-11-25(30)20-8-9-20/h5-7,10-16,18,20,23H,3-4,8-9,17H2,1-2H3. The minimum absolute atomic E-state index is 0.423. The third-order valence-electron chi connectivity index (χ3n) is 6.47. The average molecular weight is 412 g/mol. The second-order valence-corrected chi connectivity index (χ2v) is 8.46. The van der Waals surface area contributed by atoms with Gasteiger partial charge >= 0.3 is 0 Å². The molecule has 5 nitrogen and oxygen atoms in total. The lowest BCUT2D eigenvalue weighted by Gasteiger charge is -2.32. The molecule has 31 heavy (non-hydrogen) atoms. The number of anilines is 1. The van der Waals surface area contributed by atoms with Crippen LogP contribution in [0.5, 0.6) is 0 Å². The van der Waals surface area contributed by atoms with Crippen LogP contribution >= 0.6 is 0 Å².